The number of carbonyl (C=O) groups excluding carboxylic acids is 1. The third-order valence-electron chi connectivity index (χ3n) is 2.27. The number of benzene rings is 1. The minimum atomic E-state index is -5.15. The maximum Gasteiger partial charge on any atom is 0.454 e. The van der Waals surface area contributed by atoms with Crippen molar-refractivity contribution in [2.24, 2.45) is 0 Å². The first-order valence-corrected chi connectivity index (χ1v) is 5.50. The maximum atomic E-state index is 13.3. The highest BCUT2D eigenvalue weighted by Crippen LogP contribution is 2.27. The SMILES string of the molecule is CCCCOc1cc(C(=O)C(F)(F)F)cc(F)c1F. The number of ketones is 1. The molecular formula is C12H11F5O2. The van der Waals surface area contributed by atoms with Gasteiger partial charge in [0.25, 0.3) is 5.78 Å². The molecule has 0 saturated heterocycles. The summed E-state index contributed by atoms with van der Waals surface area (Å²) in [5.41, 5.74) is -0.988. The zero-order valence-electron chi connectivity index (χ0n) is 9.98. The number of hydrogen-bond donors (Lipinski definition) is 0. The molecule has 0 aliphatic rings. The summed E-state index contributed by atoms with van der Waals surface area (Å²) < 4.78 is 67.8. The smallest absolute Gasteiger partial charge is 0.454 e. The highest BCUT2D eigenvalue weighted by molar-refractivity contribution is 6.00. The van der Waals surface area contributed by atoms with Gasteiger partial charge in [0.15, 0.2) is 11.6 Å². The van der Waals surface area contributed by atoms with Gasteiger partial charge in [-0.3, -0.25) is 4.79 Å². The molecule has 0 radical (unpaired) electrons. The highest BCUT2D eigenvalue weighted by atomic mass is 19.4. The quantitative estimate of drug-likeness (QED) is 0.465. The first-order chi connectivity index (χ1) is 8.77. The Morgan fingerprint density at radius 3 is 2.42 bits per heavy atom. The Balaban J connectivity index is 3.06. The second-order valence-corrected chi connectivity index (χ2v) is 3.80. The fraction of sp³-hybridized carbons (Fsp3) is 0.417. The molecule has 0 saturated carbocycles. The number of halogens is 5. The number of Topliss-reactive ketones (excluding diaryl/α,β-unsaturated/α-hetero) is 1. The van der Waals surface area contributed by atoms with Crippen molar-refractivity contribution in [2.45, 2.75) is 25.9 Å². The second kappa shape index (κ2) is 5.99. The third kappa shape index (κ3) is 3.90. The molecule has 0 N–H and O–H groups in total. The van der Waals surface area contributed by atoms with Gasteiger partial charge in [-0.15, -0.1) is 0 Å². The number of alkyl halides is 3. The minimum Gasteiger partial charge on any atom is -0.490 e. The van der Waals surface area contributed by atoms with Gasteiger partial charge in [0.2, 0.25) is 5.82 Å². The number of rotatable bonds is 5. The molecule has 0 spiro atoms. The van der Waals surface area contributed by atoms with Crippen molar-refractivity contribution in [1.82, 2.24) is 0 Å². The lowest BCUT2D eigenvalue weighted by Gasteiger charge is -2.10. The Hall–Kier alpha value is -1.66. The fourth-order valence-corrected chi connectivity index (χ4v) is 1.29. The highest BCUT2D eigenvalue weighted by Gasteiger charge is 2.40. The zero-order chi connectivity index (χ0) is 14.6. The zero-order valence-corrected chi connectivity index (χ0v) is 9.98. The van der Waals surface area contributed by atoms with Gasteiger partial charge >= 0.3 is 6.18 Å². The predicted octanol–water partition coefficient (Wildman–Crippen LogP) is 3.89. The molecule has 0 fully saturated rings. The molecule has 0 aromatic heterocycles. The molecule has 0 bridgehead atoms. The molecule has 1 rings (SSSR count). The normalized spacial score (nSPS) is 11.5. The van der Waals surface area contributed by atoms with E-state index in [9.17, 15) is 26.7 Å². The molecule has 0 heterocycles. The van der Waals surface area contributed by atoms with Gasteiger partial charge in [-0.2, -0.15) is 17.6 Å². The minimum absolute atomic E-state index is 0.0243. The van der Waals surface area contributed by atoms with Crippen molar-refractivity contribution in [3.8, 4) is 5.75 Å². The Labute approximate surface area is 106 Å². The van der Waals surface area contributed by atoms with Crippen LogP contribution < -0.4 is 4.74 Å². The van der Waals surface area contributed by atoms with Crippen LogP contribution in [-0.2, 0) is 0 Å². The van der Waals surface area contributed by atoms with Gasteiger partial charge in [0.1, 0.15) is 0 Å². The Bertz CT molecular complexity index is 468. The van der Waals surface area contributed by atoms with Gasteiger partial charge in [0, 0.05) is 5.56 Å². The van der Waals surface area contributed by atoms with E-state index in [-0.39, 0.29) is 12.7 Å². The molecule has 19 heavy (non-hydrogen) atoms. The summed E-state index contributed by atoms with van der Waals surface area (Å²) in [7, 11) is 0. The lowest BCUT2D eigenvalue weighted by atomic mass is 10.1. The predicted molar refractivity (Wildman–Crippen MR) is 57.1 cm³/mol. The topological polar surface area (TPSA) is 26.3 Å². The molecule has 0 atom stereocenters. The number of ether oxygens (including phenoxy) is 1. The molecule has 2 nitrogen and oxygen atoms in total. The van der Waals surface area contributed by atoms with Crippen LogP contribution in [0.25, 0.3) is 0 Å². The number of hydrogen-bond acceptors (Lipinski definition) is 2. The van der Waals surface area contributed by atoms with Gasteiger partial charge in [-0.25, -0.2) is 4.39 Å². The van der Waals surface area contributed by atoms with E-state index < -0.39 is 34.9 Å². The molecule has 0 aliphatic heterocycles. The first-order valence-electron chi connectivity index (χ1n) is 5.50. The van der Waals surface area contributed by atoms with Crippen LogP contribution in [0.3, 0.4) is 0 Å². The van der Waals surface area contributed by atoms with E-state index in [1.807, 2.05) is 6.92 Å². The van der Waals surface area contributed by atoms with Crippen molar-refractivity contribution in [3.05, 3.63) is 29.3 Å². The Morgan fingerprint density at radius 1 is 1.26 bits per heavy atom. The van der Waals surface area contributed by atoms with E-state index in [1.54, 1.807) is 0 Å². The lowest BCUT2D eigenvalue weighted by molar-refractivity contribution is -0.0885. The Kier molecular flexibility index (Phi) is 4.85. The van der Waals surface area contributed by atoms with Gasteiger partial charge < -0.3 is 4.74 Å². The maximum absolute atomic E-state index is 13.3. The van der Waals surface area contributed by atoms with Crippen LogP contribution in [0, 0.1) is 11.6 Å². The molecule has 1 aromatic carbocycles. The standard InChI is InChI=1S/C12H11F5O2/c1-2-3-4-19-9-6-7(5-8(13)10(9)14)11(18)12(15,16)17/h5-6H,2-4H2,1H3. The van der Waals surface area contributed by atoms with Gasteiger partial charge in [-0.05, 0) is 18.6 Å². The molecule has 0 amide bonds. The monoisotopic (exact) mass is 282 g/mol. The van der Waals surface area contributed by atoms with Crippen LogP contribution in [0.4, 0.5) is 22.0 Å². The van der Waals surface area contributed by atoms with E-state index in [1.165, 1.54) is 0 Å². The van der Waals surface area contributed by atoms with E-state index >= 15 is 0 Å². The summed E-state index contributed by atoms with van der Waals surface area (Å²) >= 11 is 0. The molecule has 0 aliphatic carbocycles. The largest absolute Gasteiger partial charge is 0.490 e. The van der Waals surface area contributed by atoms with Crippen molar-refractivity contribution in [2.75, 3.05) is 6.61 Å². The van der Waals surface area contributed by atoms with Crippen LogP contribution >= 0.6 is 0 Å². The van der Waals surface area contributed by atoms with Crippen LogP contribution in [0.1, 0.15) is 30.1 Å². The summed E-state index contributed by atoms with van der Waals surface area (Å²) in [6, 6.07) is 0.766. The average Bonchev–Trinajstić information content (AvgIpc) is 2.32. The summed E-state index contributed by atoms with van der Waals surface area (Å²) in [4.78, 5) is 10.9. The first kappa shape index (κ1) is 15.4. The fourth-order valence-electron chi connectivity index (χ4n) is 1.29. The van der Waals surface area contributed by atoms with Crippen LogP contribution in [-0.4, -0.2) is 18.6 Å². The van der Waals surface area contributed by atoms with E-state index in [0.29, 0.717) is 18.9 Å². The van der Waals surface area contributed by atoms with Gasteiger partial charge in [-0.1, -0.05) is 13.3 Å². The van der Waals surface area contributed by atoms with Gasteiger partial charge in [0.05, 0.1) is 6.61 Å². The van der Waals surface area contributed by atoms with Crippen molar-refractivity contribution in [3.63, 3.8) is 0 Å². The van der Waals surface area contributed by atoms with Crippen molar-refractivity contribution in [1.29, 1.82) is 0 Å². The van der Waals surface area contributed by atoms with E-state index in [0.717, 1.165) is 0 Å². The third-order valence-corrected chi connectivity index (χ3v) is 2.27. The van der Waals surface area contributed by atoms with E-state index in [2.05, 4.69) is 0 Å². The van der Waals surface area contributed by atoms with Crippen LogP contribution in [0.5, 0.6) is 5.75 Å². The average molecular weight is 282 g/mol. The molecular weight excluding hydrogens is 271 g/mol. The lowest BCUT2D eigenvalue weighted by Crippen LogP contribution is -2.23. The number of unbranched alkanes of at least 4 members (excludes halogenated alkanes) is 1. The second-order valence-electron chi connectivity index (χ2n) is 3.80. The number of carbonyl (C=O) groups is 1. The molecule has 7 heteroatoms. The molecule has 1 aromatic rings. The molecule has 106 valence electrons. The van der Waals surface area contributed by atoms with E-state index in [4.69, 9.17) is 4.74 Å². The molecule has 0 unspecified atom stereocenters. The van der Waals surface area contributed by atoms with Crippen molar-refractivity contribution < 1.29 is 31.5 Å². The Morgan fingerprint density at radius 2 is 1.89 bits per heavy atom. The summed E-state index contributed by atoms with van der Waals surface area (Å²) in [6.45, 7) is 1.85. The van der Waals surface area contributed by atoms with Crippen molar-refractivity contribution >= 4 is 5.78 Å². The van der Waals surface area contributed by atoms with Crippen LogP contribution in [0.2, 0.25) is 0 Å². The van der Waals surface area contributed by atoms with Crippen LogP contribution in [0.15, 0.2) is 12.1 Å². The summed E-state index contributed by atoms with van der Waals surface area (Å²) in [5, 5.41) is 0. The summed E-state index contributed by atoms with van der Waals surface area (Å²) in [6.07, 6.45) is -3.91. The summed E-state index contributed by atoms with van der Waals surface area (Å²) in [5.74, 6) is -5.90.